The summed E-state index contributed by atoms with van der Waals surface area (Å²) in [6.45, 7) is 0. The van der Waals surface area contributed by atoms with Crippen LogP contribution in [0.5, 0.6) is 0 Å². The number of urea groups is 1. The van der Waals surface area contributed by atoms with Crippen LogP contribution in [-0.2, 0) is 9.59 Å². The largest absolute Gasteiger partial charge is 0.328 e. The number of hydrogen-bond donors (Lipinski definition) is 2. The Morgan fingerprint density at radius 3 is 1.67 bits per heavy atom. The van der Waals surface area contributed by atoms with Crippen LogP contribution in [0.4, 0.5) is 4.79 Å². The van der Waals surface area contributed by atoms with Gasteiger partial charge in [-0.15, -0.1) is 0 Å². The third kappa shape index (κ3) is 3.11. The zero-order valence-electron chi connectivity index (χ0n) is 17.4. The summed E-state index contributed by atoms with van der Waals surface area (Å²) in [5.41, 5.74) is 0.471. The molecule has 2 N–H and O–H groups in total. The number of barbiturate groups is 1. The minimum Gasteiger partial charge on any atom is -0.289 e. The molecule has 1 aliphatic heterocycles. The summed E-state index contributed by atoms with van der Waals surface area (Å²) < 4.78 is 0. The Balaban J connectivity index is 1.85. The number of allylic oxidation sites excluding steroid dienone is 2. The second-order valence-corrected chi connectivity index (χ2v) is 7.76. The predicted molar refractivity (Wildman–Crippen MR) is 123 cm³/mol. The van der Waals surface area contributed by atoms with Crippen LogP contribution >= 0.6 is 0 Å². The van der Waals surface area contributed by atoms with Gasteiger partial charge in [0.25, 0.3) is 11.8 Å². The Morgan fingerprint density at radius 2 is 1.12 bits per heavy atom. The van der Waals surface area contributed by atoms with Crippen LogP contribution in [0, 0.1) is 5.41 Å². The zero-order chi connectivity index (χ0) is 23.0. The highest BCUT2D eigenvalue weighted by Gasteiger charge is 2.60. The fourth-order valence-corrected chi connectivity index (χ4v) is 4.48. The molecule has 3 aromatic carbocycles. The maximum atomic E-state index is 13.7. The van der Waals surface area contributed by atoms with E-state index in [9.17, 15) is 19.2 Å². The Bertz CT molecular complexity index is 1340. The molecule has 0 saturated carbocycles. The van der Waals surface area contributed by atoms with Gasteiger partial charge >= 0.3 is 6.03 Å². The van der Waals surface area contributed by atoms with Crippen molar-refractivity contribution >= 4 is 34.8 Å². The molecule has 0 bridgehead atoms. The van der Waals surface area contributed by atoms with E-state index in [-0.39, 0.29) is 16.9 Å². The molecule has 1 aliphatic carbocycles. The van der Waals surface area contributed by atoms with E-state index in [2.05, 4.69) is 10.6 Å². The Hall–Kier alpha value is -4.58. The lowest BCUT2D eigenvalue weighted by atomic mass is 9.69. The molecule has 1 spiro atoms. The molecule has 0 unspecified atom stereocenters. The SMILES string of the molecule is O=C1NC(=O)C2(C(=O)N1)C(c1ccccc1)=CC(C(=O)c1ccccc1)=C2c1ccccc1. The fraction of sp³-hybridized carbons (Fsp3) is 0.0370. The molecule has 4 amide bonds. The molecule has 0 aromatic heterocycles. The number of nitrogens with one attached hydrogen (secondary N) is 2. The Labute approximate surface area is 189 Å². The van der Waals surface area contributed by atoms with Crippen molar-refractivity contribution in [1.29, 1.82) is 0 Å². The average molecular weight is 434 g/mol. The van der Waals surface area contributed by atoms with Crippen LogP contribution in [0.2, 0.25) is 0 Å². The number of rotatable bonds is 4. The van der Waals surface area contributed by atoms with Gasteiger partial charge in [0.15, 0.2) is 11.2 Å². The minimum atomic E-state index is -1.91. The van der Waals surface area contributed by atoms with Gasteiger partial charge in [-0.1, -0.05) is 91.0 Å². The maximum absolute atomic E-state index is 13.7. The number of amides is 4. The first-order valence-corrected chi connectivity index (χ1v) is 10.4. The van der Waals surface area contributed by atoms with Gasteiger partial charge in [0.2, 0.25) is 0 Å². The van der Waals surface area contributed by atoms with E-state index in [1.54, 1.807) is 91.0 Å². The monoisotopic (exact) mass is 434 g/mol. The number of carbonyl (C=O) groups is 4. The first kappa shape index (κ1) is 20.3. The van der Waals surface area contributed by atoms with Gasteiger partial charge in [-0.2, -0.15) is 0 Å². The van der Waals surface area contributed by atoms with Crippen molar-refractivity contribution in [2.24, 2.45) is 5.41 Å². The molecule has 1 heterocycles. The topological polar surface area (TPSA) is 92.3 Å². The minimum absolute atomic E-state index is 0.228. The zero-order valence-corrected chi connectivity index (χ0v) is 17.4. The van der Waals surface area contributed by atoms with Gasteiger partial charge < -0.3 is 0 Å². The molecule has 1 fully saturated rings. The summed E-state index contributed by atoms with van der Waals surface area (Å²) in [4.78, 5) is 52.7. The van der Waals surface area contributed by atoms with Crippen molar-refractivity contribution in [1.82, 2.24) is 10.6 Å². The maximum Gasteiger partial charge on any atom is 0.328 e. The molecule has 3 aromatic rings. The summed E-state index contributed by atoms with van der Waals surface area (Å²) in [6, 6.07) is 25.5. The average Bonchev–Trinajstić information content (AvgIpc) is 3.21. The molecule has 0 atom stereocenters. The van der Waals surface area contributed by atoms with Gasteiger partial charge in [-0.25, -0.2) is 4.79 Å². The summed E-state index contributed by atoms with van der Waals surface area (Å²) in [5, 5.41) is 4.49. The van der Waals surface area contributed by atoms with Gasteiger partial charge in [0.1, 0.15) is 0 Å². The molecule has 160 valence electrons. The van der Waals surface area contributed by atoms with Crippen molar-refractivity contribution < 1.29 is 19.2 Å². The lowest BCUT2D eigenvalue weighted by Crippen LogP contribution is -2.62. The third-order valence-electron chi connectivity index (χ3n) is 5.90. The molecule has 5 rings (SSSR count). The number of carbonyl (C=O) groups excluding carboxylic acids is 4. The van der Waals surface area contributed by atoms with Crippen molar-refractivity contribution in [2.75, 3.05) is 0 Å². The van der Waals surface area contributed by atoms with Crippen LogP contribution in [0.15, 0.2) is 103 Å². The lowest BCUT2D eigenvalue weighted by Gasteiger charge is -2.36. The number of Topliss-reactive ketones (excluding diaryl/α,β-unsaturated/α-hetero) is 1. The smallest absolute Gasteiger partial charge is 0.289 e. The standard InChI is InChI=1S/C27H18N2O4/c30-23(19-14-8-3-9-15-19)20-16-21(17-10-4-1-5-11-17)27(22(20)18-12-6-2-7-13-18)24(31)28-26(33)29-25(27)32/h1-16H,(H2,28,29,31,32,33). The van der Waals surface area contributed by atoms with Gasteiger partial charge in [-0.3, -0.25) is 25.0 Å². The van der Waals surface area contributed by atoms with E-state index in [4.69, 9.17) is 0 Å². The Morgan fingerprint density at radius 1 is 0.636 bits per heavy atom. The number of ketones is 1. The van der Waals surface area contributed by atoms with Crippen molar-refractivity contribution in [3.63, 3.8) is 0 Å². The van der Waals surface area contributed by atoms with Gasteiger partial charge in [-0.05, 0) is 28.3 Å². The van der Waals surface area contributed by atoms with Crippen LogP contribution in [0.3, 0.4) is 0 Å². The highest BCUT2D eigenvalue weighted by molar-refractivity contribution is 6.37. The van der Waals surface area contributed by atoms with E-state index in [1.165, 1.54) is 0 Å². The number of benzene rings is 3. The quantitative estimate of drug-likeness (QED) is 0.483. The Kier molecular flexibility index (Phi) is 4.83. The summed E-state index contributed by atoms with van der Waals surface area (Å²) >= 11 is 0. The molecule has 6 nitrogen and oxygen atoms in total. The van der Waals surface area contributed by atoms with Crippen LogP contribution in [0.1, 0.15) is 21.5 Å². The van der Waals surface area contributed by atoms with E-state index in [0.29, 0.717) is 22.3 Å². The predicted octanol–water partition coefficient (Wildman–Crippen LogP) is 3.77. The second kappa shape index (κ2) is 7.84. The van der Waals surface area contributed by atoms with Crippen LogP contribution in [-0.4, -0.2) is 23.6 Å². The van der Waals surface area contributed by atoms with Crippen molar-refractivity contribution in [2.45, 2.75) is 0 Å². The number of hydrogen-bond acceptors (Lipinski definition) is 4. The van der Waals surface area contributed by atoms with E-state index in [0.717, 1.165) is 0 Å². The van der Waals surface area contributed by atoms with Gasteiger partial charge in [0.05, 0.1) is 0 Å². The van der Waals surface area contributed by atoms with Crippen LogP contribution < -0.4 is 10.6 Å². The highest BCUT2D eigenvalue weighted by Crippen LogP contribution is 2.54. The number of imide groups is 2. The summed E-state index contributed by atoms with van der Waals surface area (Å²) in [5.74, 6) is -1.90. The van der Waals surface area contributed by atoms with Gasteiger partial charge in [0, 0.05) is 11.1 Å². The van der Waals surface area contributed by atoms with Crippen LogP contribution in [0.25, 0.3) is 11.1 Å². The second-order valence-electron chi connectivity index (χ2n) is 7.76. The first-order valence-electron chi connectivity index (χ1n) is 10.4. The molecule has 2 aliphatic rings. The highest BCUT2D eigenvalue weighted by atomic mass is 16.2. The third-order valence-corrected chi connectivity index (χ3v) is 5.90. The summed E-state index contributed by atoms with van der Waals surface area (Å²) in [7, 11) is 0. The fourth-order valence-electron chi connectivity index (χ4n) is 4.48. The normalized spacial score (nSPS) is 17.0. The van der Waals surface area contributed by atoms with E-state index >= 15 is 0 Å². The summed E-state index contributed by atoms with van der Waals surface area (Å²) in [6.07, 6.45) is 1.60. The van der Waals surface area contributed by atoms with E-state index in [1.807, 2.05) is 6.07 Å². The molecule has 0 radical (unpaired) electrons. The molecule has 33 heavy (non-hydrogen) atoms. The van der Waals surface area contributed by atoms with E-state index < -0.39 is 23.3 Å². The molecule has 6 heteroatoms. The molecular weight excluding hydrogens is 416 g/mol. The first-order chi connectivity index (χ1) is 16.0. The van der Waals surface area contributed by atoms with Crippen molar-refractivity contribution in [3.8, 4) is 0 Å². The van der Waals surface area contributed by atoms with Crippen molar-refractivity contribution in [3.05, 3.63) is 119 Å². The molecular formula is C27H18N2O4. The molecule has 1 saturated heterocycles. The lowest BCUT2D eigenvalue weighted by molar-refractivity contribution is -0.136.